The van der Waals surface area contributed by atoms with E-state index in [1.165, 1.54) is 0 Å². The van der Waals surface area contributed by atoms with Gasteiger partial charge in [0.05, 0.1) is 5.41 Å². The topological polar surface area (TPSA) is 43.1 Å². The molecule has 0 unspecified atom stereocenters. The lowest BCUT2D eigenvalue weighted by Crippen LogP contribution is -2.36. The fourth-order valence-corrected chi connectivity index (χ4v) is 1.38. The Kier molecular flexibility index (Phi) is 4.82. The Morgan fingerprint density at radius 1 is 1.08 bits per heavy atom. The van der Waals surface area contributed by atoms with Gasteiger partial charge in [-0.2, -0.15) is 0 Å². The molecule has 0 aliphatic carbocycles. The summed E-state index contributed by atoms with van der Waals surface area (Å²) in [4.78, 5) is 11.3. The van der Waals surface area contributed by atoms with Gasteiger partial charge in [0.15, 0.2) is 0 Å². The fraction of sp³-hybridized carbons (Fsp3) is 0.364. The van der Waals surface area contributed by atoms with Gasteiger partial charge in [0.1, 0.15) is 0 Å². The van der Waals surface area contributed by atoms with Crippen molar-refractivity contribution < 1.29 is 4.79 Å². The largest absolute Gasteiger partial charge is 0.369 e. The van der Waals surface area contributed by atoms with E-state index in [0.29, 0.717) is 19.3 Å². The van der Waals surface area contributed by atoms with Crippen molar-refractivity contribution in [2.24, 2.45) is 11.1 Å². The SMILES string of the molecule is C=CCC(CC=C)(CC=C)C(N)=O. The standard InChI is InChI=1S/C11H17NO/c1-4-7-11(8-5-2,9-6-3)10(12)13/h4-6H,1-3,7-9H2,(H2,12,13). The Morgan fingerprint density at radius 2 is 1.38 bits per heavy atom. The van der Waals surface area contributed by atoms with E-state index in [2.05, 4.69) is 19.7 Å². The summed E-state index contributed by atoms with van der Waals surface area (Å²) in [6, 6.07) is 0. The van der Waals surface area contributed by atoms with Gasteiger partial charge in [-0.05, 0) is 19.3 Å². The van der Waals surface area contributed by atoms with Gasteiger partial charge >= 0.3 is 0 Å². The van der Waals surface area contributed by atoms with Gasteiger partial charge < -0.3 is 5.73 Å². The van der Waals surface area contributed by atoms with Gasteiger partial charge in [-0.25, -0.2) is 0 Å². The average Bonchev–Trinajstić information content (AvgIpc) is 2.05. The van der Waals surface area contributed by atoms with Crippen LogP contribution in [0.4, 0.5) is 0 Å². The number of carbonyl (C=O) groups excluding carboxylic acids is 1. The number of hydrogen-bond donors (Lipinski definition) is 1. The summed E-state index contributed by atoms with van der Waals surface area (Å²) in [5.74, 6) is -0.313. The summed E-state index contributed by atoms with van der Waals surface area (Å²) in [5, 5.41) is 0. The molecule has 0 rings (SSSR count). The third-order valence-corrected chi connectivity index (χ3v) is 2.13. The van der Waals surface area contributed by atoms with Crippen LogP contribution < -0.4 is 5.73 Å². The lowest BCUT2D eigenvalue weighted by Gasteiger charge is -2.26. The predicted octanol–water partition coefficient (Wildman–Crippen LogP) is 2.19. The molecule has 72 valence electrons. The molecule has 0 aromatic rings. The first-order valence-corrected chi connectivity index (χ1v) is 4.25. The van der Waals surface area contributed by atoms with Crippen molar-refractivity contribution in [2.45, 2.75) is 19.3 Å². The van der Waals surface area contributed by atoms with Crippen LogP contribution in [-0.2, 0) is 4.79 Å². The van der Waals surface area contributed by atoms with Crippen LogP contribution in [0.25, 0.3) is 0 Å². The number of amides is 1. The summed E-state index contributed by atoms with van der Waals surface area (Å²) < 4.78 is 0. The lowest BCUT2D eigenvalue weighted by atomic mass is 9.77. The minimum absolute atomic E-state index is 0.313. The number of allylic oxidation sites excluding steroid dienone is 3. The lowest BCUT2D eigenvalue weighted by molar-refractivity contribution is -0.127. The number of carbonyl (C=O) groups is 1. The molecule has 0 radical (unpaired) electrons. The van der Waals surface area contributed by atoms with E-state index in [-0.39, 0.29) is 5.91 Å². The van der Waals surface area contributed by atoms with Gasteiger partial charge in [0.2, 0.25) is 5.91 Å². The van der Waals surface area contributed by atoms with Gasteiger partial charge in [0.25, 0.3) is 0 Å². The molecule has 0 aromatic heterocycles. The zero-order chi connectivity index (χ0) is 10.3. The van der Waals surface area contributed by atoms with Crippen LogP contribution in [0.3, 0.4) is 0 Å². The van der Waals surface area contributed by atoms with Crippen molar-refractivity contribution in [1.82, 2.24) is 0 Å². The number of primary amides is 1. The Morgan fingerprint density at radius 3 is 1.54 bits per heavy atom. The highest BCUT2D eigenvalue weighted by molar-refractivity contribution is 5.81. The molecular weight excluding hydrogens is 162 g/mol. The van der Waals surface area contributed by atoms with Gasteiger partial charge in [-0.3, -0.25) is 4.79 Å². The monoisotopic (exact) mass is 179 g/mol. The van der Waals surface area contributed by atoms with E-state index in [1.54, 1.807) is 18.2 Å². The minimum atomic E-state index is -0.564. The fourth-order valence-electron chi connectivity index (χ4n) is 1.38. The van der Waals surface area contributed by atoms with Crippen LogP contribution in [0.5, 0.6) is 0 Å². The van der Waals surface area contributed by atoms with E-state index >= 15 is 0 Å². The number of nitrogens with two attached hydrogens (primary N) is 1. The summed E-state index contributed by atoms with van der Waals surface area (Å²) in [7, 11) is 0. The first kappa shape index (κ1) is 11.7. The van der Waals surface area contributed by atoms with Crippen LogP contribution >= 0.6 is 0 Å². The van der Waals surface area contributed by atoms with Gasteiger partial charge in [-0.1, -0.05) is 18.2 Å². The van der Waals surface area contributed by atoms with Crippen molar-refractivity contribution in [2.75, 3.05) is 0 Å². The van der Waals surface area contributed by atoms with Gasteiger partial charge in [-0.15, -0.1) is 19.7 Å². The van der Waals surface area contributed by atoms with E-state index in [4.69, 9.17) is 5.73 Å². The Bertz CT molecular complexity index is 192. The molecule has 13 heavy (non-hydrogen) atoms. The zero-order valence-electron chi connectivity index (χ0n) is 7.96. The maximum Gasteiger partial charge on any atom is 0.224 e. The van der Waals surface area contributed by atoms with E-state index < -0.39 is 5.41 Å². The molecule has 0 atom stereocenters. The summed E-state index contributed by atoms with van der Waals surface area (Å²) in [6.45, 7) is 10.8. The molecule has 2 heteroatoms. The molecule has 2 N–H and O–H groups in total. The van der Waals surface area contributed by atoms with Crippen molar-refractivity contribution in [3.05, 3.63) is 38.0 Å². The van der Waals surface area contributed by atoms with E-state index in [0.717, 1.165) is 0 Å². The summed E-state index contributed by atoms with van der Waals surface area (Å²) in [5.41, 5.74) is 4.78. The molecule has 0 saturated heterocycles. The molecule has 1 amide bonds. The van der Waals surface area contributed by atoms with Gasteiger partial charge in [0, 0.05) is 0 Å². The molecule has 0 saturated carbocycles. The second-order valence-corrected chi connectivity index (χ2v) is 3.12. The minimum Gasteiger partial charge on any atom is -0.369 e. The van der Waals surface area contributed by atoms with Crippen molar-refractivity contribution in [3.8, 4) is 0 Å². The van der Waals surface area contributed by atoms with Crippen molar-refractivity contribution in [1.29, 1.82) is 0 Å². The molecule has 0 bridgehead atoms. The Balaban J connectivity index is 4.76. The third-order valence-electron chi connectivity index (χ3n) is 2.13. The van der Waals surface area contributed by atoms with E-state index in [1.807, 2.05) is 0 Å². The highest BCUT2D eigenvalue weighted by Gasteiger charge is 2.32. The Labute approximate surface area is 79.8 Å². The second-order valence-electron chi connectivity index (χ2n) is 3.12. The molecule has 0 aliphatic rings. The predicted molar refractivity (Wildman–Crippen MR) is 56.1 cm³/mol. The highest BCUT2D eigenvalue weighted by atomic mass is 16.1. The Hall–Kier alpha value is -1.31. The van der Waals surface area contributed by atoms with Crippen LogP contribution in [0.2, 0.25) is 0 Å². The zero-order valence-corrected chi connectivity index (χ0v) is 7.96. The second kappa shape index (κ2) is 5.36. The van der Waals surface area contributed by atoms with Crippen molar-refractivity contribution in [3.63, 3.8) is 0 Å². The quantitative estimate of drug-likeness (QED) is 0.598. The number of rotatable bonds is 7. The van der Waals surface area contributed by atoms with Crippen LogP contribution in [0, 0.1) is 5.41 Å². The first-order valence-electron chi connectivity index (χ1n) is 4.25. The van der Waals surface area contributed by atoms with Crippen molar-refractivity contribution >= 4 is 5.91 Å². The maximum absolute atomic E-state index is 11.3. The number of hydrogen-bond acceptors (Lipinski definition) is 1. The molecular formula is C11H17NO. The molecule has 2 nitrogen and oxygen atoms in total. The molecule has 0 spiro atoms. The molecule has 0 fully saturated rings. The molecule has 0 heterocycles. The maximum atomic E-state index is 11.3. The highest BCUT2D eigenvalue weighted by Crippen LogP contribution is 2.31. The molecule has 0 aromatic carbocycles. The van der Waals surface area contributed by atoms with Crippen LogP contribution in [-0.4, -0.2) is 5.91 Å². The third kappa shape index (κ3) is 2.90. The smallest absolute Gasteiger partial charge is 0.224 e. The normalized spacial score (nSPS) is 10.5. The average molecular weight is 179 g/mol. The van der Waals surface area contributed by atoms with E-state index in [9.17, 15) is 4.79 Å². The van der Waals surface area contributed by atoms with Crippen LogP contribution in [0.1, 0.15) is 19.3 Å². The summed E-state index contributed by atoms with van der Waals surface area (Å²) >= 11 is 0. The first-order chi connectivity index (χ1) is 6.13. The molecule has 0 aliphatic heterocycles. The summed E-state index contributed by atoms with van der Waals surface area (Å²) in [6.07, 6.45) is 6.83. The van der Waals surface area contributed by atoms with Crippen LogP contribution in [0.15, 0.2) is 38.0 Å².